The molecule has 176 valence electrons. The van der Waals surface area contributed by atoms with Crippen molar-refractivity contribution in [2.75, 3.05) is 52.8 Å². The molecule has 0 radical (unpaired) electrons. The highest BCUT2D eigenvalue weighted by molar-refractivity contribution is 5.94. The standard InChI is InChI=1S/C19H26FN5O7/c1-2-30-18(27)13-29-8-9-31-17(24-25-21)12-32-15-5-3-4-14(10-15)19(28)23-7-6-22-16(26)11-20/h3-5,10,17H,2,6-9,11-13H2,1H3,(H,22,26)(H,23,28). The minimum Gasteiger partial charge on any atom is -0.491 e. The number of carbonyl (C=O) groups excluding carboxylic acids is 3. The highest BCUT2D eigenvalue weighted by Gasteiger charge is 2.11. The van der Waals surface area contributed by atoms with Crippen LogP contribution in [0.15, 0.2) is 29.4 Å². The number of azide groups is 1. The fourth-order valence-electron chi connectivity index (χ4n) is 2.20. The summed E-state index contributed by atoms with van der Waals surface area (Å²) >= 11 is 0. The van der Waals surface area contributed by atoms with Crippen molar-refractivity contribution in [2.24, 2.45) is 5.11 Å². The molecule has 13 heteroatoms. The van der Waals surface area contributed by atoms with Crippen LogP contribution in [0.5, 0.6) is 5.75 Å². The van der Waals surface area contributed by atoms with E-state index in [1.165, 1.54) is 6.07 Å². The highest BCUT2D eigenvalue weighted by atomic mass is 19.1. The molecule has 2 amide bonds. The molecule has 1 atom stereocenters. The van der Waals surface area contributed by atoms with Crippen molar-refractivity contribution in [3.63, 3.8) is 0 Å². The van der Waals surface area contributed by atoms with Crippen molar-refractivity contribution in [3.8, 4) is 5.75 Å². The summed E-state index contributed by atoms with van der Waals surface area (Å²) in [6, 6.07) is 6.24. The second kappa shape index (κ2) is 16.3. The smallest absolute Gasteiger partial charge is 0.332 e. The number of rotatable bonds is 16. The lowest BCUT2D eigenvalue weighted by Gasteiger charge is -2.14. The Morgan fingerprint density at radius 1 is 1.22 bits per heavy atom. The molecule has 0 aromatic heterocycles. The molecule has 1 aromatic rings. The zero-order valence-electron chi connectivity index (χ0n) is 17.6. The maximum atomic E-state index is 12.2. The zero-order valence-corrected chi connectivity index (χ0v) is 17.6. The van der Waals surface area contributed by atoms with Gasteiger partial charge in [0, 0.05) is 23.6 Å². The molecule has 0 aliphatic carbocycles. The Kier molecular flexibility index (Phi) is 13.6. The van der Waals surface area contributed by atoms with Crippen LogP contribution in [0, 0.1) is 0 Å². The number of nitrogens with one attached hydrogen (secondary N) is 2. The molecule has 0 aliphatic heterocycles. The predicted molar refractivity (Wildman–Crippen MR) is 110 cm³/mol. The van der Waals surface area contributed by atoms with Gasteiger partial charge in [-0.05, 0) is 30.7 Å². The van der Waals surface area contributed by atoms with E-state index in [2.05, 4.69) is 20.7 Å². The van der Waals surface area contributed by atoms with Crippen LogP contribution in [0.25, 0.3) is 10.4 Å². The average molecular weight is 455 g/mol. The Balaban J connectivity index is 2.42. The minimum absolute atomic E-state index is 0.0494. The van der Waals surface area contributed by atoms with Crippen LogP contribution in [0.1, 0.15) is 17.3 Å². The summed E-state index contributed by atoms with van der Waals surface area (Å²) in [6.07, 6.45) is -0.956. The summed E-state index contributed by atoms with van der Waals surface area (Å²) in [6.45, 7) is 0.849. The van der Waals surface area contributed by atoms with Gasteiger partial charge in [0.05, 0.1) is 19.8 Å². The fraction of sp³-hybridized carbons (Fsp3) is 0.526. The molecule has 2 N–H and O–H groups in total. The quantitative estimate of drug-likeness (QED) is 0.124. The third-order valence-corrected chi connectivity index (χ3v) is 3.59. The summed E-state index contributed by atoms with van der Waals surface area (Å²) in [5, 5.41) is 8.34. The van der Waals surface area contributed by atoms with E-state index in [0.717, 1.165) is 0 Å². The molecule has 12 nitrogen and oxygen atoms in total. The zero-order chi connectivity index (χ0) is 23.6. The van der Waals surface area contributed by atoms with Crippen molar-refractivity contribution >= 4 is 17.8 Å². The lowest BCUT2D eigenvalue weighted by atomic mass is 10.2. The van der Waals surface area contributed by atoms with Gasteiger partial charge in [-0.3, -0.25) is 9.59 Å². The molecular formula is C19H26FN5O7. The molecular weight excluding hydrogens is 429 g/mol. The van der Waals surface area contributed by atoms with Gasteiger partial charge in [-0.15, -0.1) is 0 Å². The SMILES string of the molecule is CCOC(=O)COCCOC(COc1cccc(C(=O)NCCNC(=O)CF)c1)N=[N+]=[N-]. The first-order chi connectivity index (χ1) is 15.5. The van der Waals surface area contributed by atoms with Gasteiger partial charge in [0.25, 0.3) is 11.8 Å². The summed E-state index contributed by atoms with van der Waals surface area (Å²) in [5.74, 6) is -1.32. The minimum atomic E-state index is -1.12. The van der Waals surface area contributed by atoms with Gasteiger partial charge in [-0.2, -0.15) is 0 Å². The Hall–Kier alpha value is -3.41. The maximum absolute atomic E-state index is 12.2. The summed E-state index contributed by atoms with van der Waals surface area (Å²) < 4.78 is 32.7. The molecule has 0 saturated heterocycles. The largest absolute Gasteiger partial charge is 0.491 e. The number of ether oxygens (including phenoxy) is 4. The van der Waals surface area contributed by atoms with Crippen molar-refractivity contribution in [2.45, 2.75) is 13.2 Å². The number of halogens is 1. The van der Waals surface area contributed by atoms with Crippen molar-refractivity contribution in [1.82, 2.24) is 10.6 Å². The monoisotopic (exact) mass is 455 g/mol. The average Bonchev–Trinajstić information content (AvgIpc) is 2.80. The summed E-state index contributed by atoms with van der Waals surface area (Å²) in [7, 11) is 0. The fourth-order valence-corrected chi connectivity index (χ4v) is 2.20. The number of nitrogens with zero attached hydrogens (tertiary/aromatic N) is 3. The molecule has 1 unspecified atom stereocenters. The first-order valence-corrected chi connectivity index (χ1v) is 9.73. The number of amides is 2. The van der Waals surface area contributed by atoms with Gasteiger partial charge in [-0.1, -0.05) is 11.2 Å². The van der Waals surface area contributed by atoms with Crippen molar-refractivity contribution in [1.29, 1.82) is 0 Å². The number of esters is 1. The molecule has 32 heavy (non-hydrogen) atoms. The van der Waals surface area contributed by atoms with E-state index in [-0.39, 0.29) is 46.1 Å². The van der Waals surface area contributed by atoms with E-state index < -0.39 is 30.7 Å². The van der Waals surface area contributed by atoms with E-state index in [1.807, 2.05) is 0 Å². The van der Waals surface area contributed by atoms with E-state index in [4.69, 9.17) is 24.5 Å². The van der Waals surface area contributed by atoms with Gasteiger partial charge in [-0.25, -0.2) is 9.18 Å². The van der Waals surface area contributed by atoms with E-state index in [1.54, 1.807) is 25.1 Å². The van der Waals surface area contributed by atoms with E-state index in [0.29, 0.717) is 11.3 Å². The predicted octanol–water partition coefficient (Wildman–Crippen LogP) is 1.11. The normalized spacial score (nSPS) is 11.1. The maximum Gasteiger partial charge on any atom is 0.332 e. The van der Waals surface area contributed by atoms with Crippen LogP contribution < -0.4 is 15.4 Å². The van der Waals surface area contributed by atoms with Crippen molar-refractivity contribution < 1.29 is 37.7 Å². The van der Waals surface area contributed by atoms with Gasteiger partial charge in [0.1, 0.15) is 19.0 Å². The number of hydrogen-bond acceptors (Lipinski definition) is 8. The number of benzene rings is 1. The molecule has 0 spiro atoms. The molecule has 0 fully saturated rings. The van der Waals surface area contributed by atoms with Crippen LogP contribution in [0.4, 0.5) is 4.39 Å². The van der Waals surface area contributed by atoms with Crippen LogP contribution in [0.2, 0.25) is 0 Å². The second-order valence-electron chi connectivity index (χ2n) is 5.97. The van der Waals surface area contributed by atoms with Gasteiger partial charge in [0.15, 0.2) is 12.9 Å². The first kappa shape index (κ1) is 26.6. The lowest BCUT2D eigenvalue weighted by Crippen LogP contribution is -2.35. The van der Waals surface area contributed by atoms with Crippen LogP contribution >= 0.6 is 0 Å². The molecule has 0 bridgehead atoms. The number of alkyl halides is 1. The molecule has 1 aromatic carbocycles. The first-order valence-electron chi connectivity index (χ1n) is 9.73. The molecule has 1 rings (SSSR count). The van der Waals surface area contributed by atoms with Crippen LogP contribution in [-0.2, 0) is 23.8 Å². The number of carbonyl (C=O) groups is 3. The third kappa shape index (κ3) is 11.7. The highest BCUT2D eigenvalue weighted by Crippen LogP contribution is 2.14. The molecule has 0 saturated carbocycles. The van der Waals surface area contributed by atoms with Gasteiger partial charge in [0.2, 0.25) is 0 Å². The lowest BCUT2D eigenvalue weighted by molar-refractivity contribution is -0.149. The Morgan fingerprint density at radius 2 is 2.00 bits per heavy atom. The Morgan fingerprint density at radius 3 is 2.72 bits per heavy atom. The van der Waals surface area contributed by atoms with Crippen LogP contribution in [0.3, 0.4) is 0 Å². The summed E-state index contributed by atoms with van der Waals surface area (Å²) in [4.78, 5) is 36.8. The Bertz CT molecular complexity index is 789. The molecule has 0 aliphatic rings. The summed E-state index contributed by atoms with van der Waals surface area (Å²) in [5.41, 5.74) is 8.97. The van der Waals surface area contributed by atoms with Gasteiger partial charge >= 0.3 is 5.97 Å². The topological polar surface area (TPSA) is 161 Å². The van der Waals surface area contributed by atoms with Crippen molar-refractivity contribution in [3.05, 3.63) is 40.3 Å². The Labute approximate surface area is 184 Å². The second-order valence-corrected chi connectivity index (χ2v) is 5.97. The third-order valence-electron chi connectivity index (χ3n) is 3.59. The molecule has 0 heterocycles. The van der Waals surface area contributed by atoms with Crippen LogP contribution in [-0.4, -0.2) is 76.8 Å². The van der Waals surface area contributed by atoms with Gasteiger partial charge < -0.3 is 29.6 Å². The van der Waals surface area contributed by atoms with E-state index >= 15 is 0 Å². The number of hydrogen-bond donors (Lipinski definition) is 2. The van der Waals surface area contributed by atoms with E-state index in [9.17, 15) is 18.8 Å².